The highest BCUT2D eigenvalue weighted by Crippen LogP contribution is 2.19. The van der Waals surface area contributed by atoms with Gasteiger partial charge in [-0.05, 0) is 6.42 Å². The molecule has 0 rings (SSSR count). The molecule has 0 aromatic rings. The number of carboxylic acid groups (broad SMARTS) is 1. The van der Waals surface area contributed by atoms with Crippen LogP contribution in [0.2, 0.25) is 0 Å². The third kappa shape index (κ3) is 11.7. The van der Waals surface area contributed by atoms with Crippen LogP contribution in [0.5, 0.6) is 0 Å². The minimum Gasteiger partial charge on any atom is -0.480 e. The lowest BCUT2D eigenvalue weighted by molar-refractivity contribution is -0.141. The zero-order chi connectivity index (χ0) is 23.3. The van der Waals surface area contributed by atoms with Gasteiger partial charge >= 0.3 is 11.9 Å². The molecule has 11 nitrogen and oxygen atoms in total. The molecule has 0 aliphatic carbocycles. The van der Waals surface area contributed by atoms with E-state index in [0.29, 0.717) is 6.42 Å². The molecule has 0 heterocycles. The number of esters is 1. The Bertz CT molecular complexity index is 625. The molecule has 0 unspecified atom stereocenters. The van der Waals surface area contributed by atoms with Gasteiger partial charge in [-0.15, -0.1) is 0 Å². The zero-order valence-electron chi connectivity index (χ0n) is 17.3. The number of hydrogen-bond donors (Lipinski definition) is 5. The summed E-state index contributed by atoms with van der Waals surface area (Å²) in [5.41, 5.74) is -1.05. The van der Waals surface area contributed by atoms with Crippen LogP contribution in [0.3, 0.4) is 0 Å². The molecule has 5 N–H and O–H groups in total. The smallest absolute Gasteiger partial charge is 0.327 e. The van der Waals surface area contributed by atoms with Crippen molar-refractivity contribution in [2.75, 3.05) is 25.5 Å². The Morgan fingerprint density at radius 2 is 1.77 bits per heavy atom. The first-order valence-corrected chi connectivity index (χ1v) is 10.3. The number of thioether (sulfide) groups is 1. The quantitative estimate of drug-likeness (QED) is 0.163. The summed E-state index contributed by atoms with van der Waals surface area (Å²) in [7, 11) is 0. The molecule has 0 aromatic heterocycles. The molecule has 0 saturated carbocycles. The Balaban J connectivity index is 4.31. The van der Waals surface area contributed by atoms with E-state index in [9.17, 15) is 34.2 Å². The average molecular weight is 451 g/mol. The van der Waals surface area contributed by atoms with E-state index in [1.165, 1.54) is 20.8 Å². The van der Waals surface area contributed by atoms with Crippen LogP contribution in [0, 0.1) is 5.41 Å². The van der Waals surface area contributed by atoms with Crippen molar-refractivity contribution < 1.29 is 44.0 Å². The lowest BCUT2D eigenvalue weighted by Gasteiger charge is -2.27. The minimum absolute atomic E-state index is 0.0939. The summed E-state index contributed by atoms with van der Waals surface area (Å²) in [5.74, 6) is -3.35. The molecule has 0 spiro atoms. The van der Waals surface area contributed by atoms with Gasteiger partial charge in [0.15, 0.2) is 5.12 Å². The molecule has 2 atom stereocenters. The number of aliphatic carboxylic acids is 1. The van der Waals surface area contributed by atoms with Crippen molar-refractivity contribution in [3.8, 4) is 0 Å². The van der Waals surface area contributed by atoms with Crippen molar-refractivity contribution in [2.24, 2.45) is 5.41 Å². The highest BCUT2D eigenvalue weighted by molar-refractivity contribution is 8.13. The van der Waals surface area contributed by atoms with Crippen molar-refractivity contribution >= 4 is 40.6 Å². The van der Waals surface area contributed by atoms with Crippen LogP contribution in [0.15, 0.2) is 0 Å². The fraction of sp³-hybridized carbons (Fsp3) is 0.722. The summed E-state index contributed by atoms with van der Waals surface area (Å²) >= 11 is 0.750. The summed E-state index contributed by atoms with van der Waals surface area (Å²) in [4.78, 5) is 57.4. The van der Waals surface area contributed by atoms with Gasteiger partial charge in [-0.25, -0.2) is 4.79 Å². The highest BCUT2D eigenvalue weighted by atomic mass is 32.2. The second-order valence-electron chi connectivity index (χ2n) is 7.18. The van der Waals surface area contributed by atoms with Crippen molar-refractivity contribution in [1.29, 1.82) is 0 Å². The maximum absolute atomic E-state index is 11.9. The average Bonchev–Trinajstić information content (AvgIpc) is 2.67. The van der Waals surface area contributed by atoms with Crippen molar-refractivity contribution in [3.63, 3.8) is 0 Å². The van der Waals surface area contributed by atoms with Gasteiger partial charge in [0, 0.05) is 37.5 Å². The van der Waals surface area contributed by atoms with Gasteiger partial charge in [0.05, 0.1) is 13.2 Å². The van der Waals surface area contributed by atoms with Crippen LogP contribution in [0.25, 0.3) is 0 Å². The van der Waals surface area contributed by atoms with Gasteiger partial charge in [-0.2, -0.15) is 0 Å². The van der Waals surface area contributed by atoms with Gasteiger partial charge < -0.3 is 30.7 Å². The Hall–Kier alpha value is -2.18. The number of hydrogen-bond acceptors (Lipinski definition) is 9. The van der Waals surface area contributed by atoms with E-state index in [2.05, 4.69) is 10.6 Å². The van der Waals surface area contributed by atoms with Crippen LogP contribution in [0.4, 0.5) is 0 Å². The number of rotatable bonds is 14. The number of ether oxygens (including phenoxy) is 1. The van der Waals surface area contributed by atoms with Crippen LogP contribution in [0.1, 0.15) is 40.0 Å². The molecule has 0 aliphatic heterocycles. The topological polar surface area (TPSA) is 179 Å². The van der Waals surface area contributed by atoms with Crippen LogP contribution >= 0.6 is 11.8 Å². The lowest BCUT2D eigenvalue weighted by atomic mass is 9.87. The Morgan fingerprint density at radius 1 is 1.13 bits per heavy atom. The van der Waals surface area contributed by atoms with Crippen molar-refractivity contribution in [3.05, 3.63) is 0 Å². The van der Waals surface area contributed by atoms with Gasteiger partial charge in [-0.3, -0.25) is 19.2 Å². The van der Waals surface area contributed by atoms with Crippen LogP contribution in [-0.4, -0.2) is 81.8 Å². The molecule has 0 fully saturated rings. The highest BCUT2D eigenvalue weighted by Gasteiger charge is 2.32. The fourth-order valence-electron chi connectivity index (χ4n) is 1.96. The fourth-order valence-corrected chi connectivity index (χ4v) is 2.83. The summed E-state index contributed by atoms with van der Waals surface area (Å²) in [6.07, 6.45) is -1.30. The summed E-state index contributed by atoms with van der Waals surface area (Å²) < 4.78 is 4.69. The maximum atomic E-state index is 11.9. The zero-order valence-corrected chi connectivity index (χ0v) is 18.1. The third-order valence-corrected chi connectivity index (χ3v) is 4.95. The monoisotopic (exact) mass is 450 g/mol. The predicted molar refractivity (Wildman–Crippen MR) is 107 cm³/mol. The molecule has 0 bridgehead atoms. The third-order valence-electron chi connectivity index (χ3n) is 3.92. The Morgan fingerprint density at radius 3 is 2.30 bits per heavy atom. The van der Waals surface area contributed by atoms with Crippen LogP contribution in [-0.2, 0) is 28.7 Å². The first-order valence-electron chi connectivity index (χ1n) is 9.28. The van der Waals surface area contributed by atoms with E-state index in [1.807, 2.05) is 0 Å². The van der Waals surface area contributed by atoms with E-state index in [0.717, 1.165) is 11.8 Å². The molecular formula is C18H30N2O9S. The number of amides is 2. The van der Waals surface area contributed by atoms with E-state index >= 15 is 0 Å². The van der Waals surface area contributed by atoms with Crippen molar-refractivity contribution in [1.82, 2.24) is 10.6 Å². The normalized spacial score (nSPS) is 13.1. The molecular weight excluding hydrogens is 420 g/mol. The second kappa shape index (κ2) is 13.9. The second-order valence-corrected chi connectivity index (χ2v) is 8.25. The number of carboxylic acids is 1. The maximum Gasteiger partial charge on any atom is 0.327 e. The molecule has 0 saturated heterocycles. The van der Waals surface area contributed by atoms with Crippen LogP contribution < -0.4 is 10.6 Å². The van der Waals surface area contributed by atoms with E-state index in [4.69, 9.17) is 9.84 Å². The number of carbonyl (C=O) groups excluding carboxylic acids is 4. The largest absolute Gasteiger partial charge is 0.480 e. The molecule has 2 amide bonds. The number of nitrogens with one attached hydrogen (secondary N) is 2. The van der Waals surface area contributed by atoms with E-state index in [1.54, 1.807) is 0 Å². The number of aliphatic hydroxyl groups excluding tert-OH is 2. The molecule has 0 aromatic carbocycles. The Labute approximate surface area is 178 Å². The lowest BCUT2D eigenvalue weighted by Crippen LogP contribution is -2.47. The predicted octanol–water partition coefficient (Wildman–Crippen LogP) is -0.955. The van der Waals surface area contributed by atoms with Gasteiger partial charge in [0.25, 0.3) is 0 Å². The van der Waals surface area contributed by atoms with Gasteiger partial charge in [0.1, 0.15) is 12.1 Å². The van der Waals surface area contributed by atoms with Gasteiger partial charge in [-0.1, -0.05) is 25.6 Å². The van der Waals surface area contributed by atoms with Gasteiger partial charge in [0.2, 0.25) is 11.8 Å². The number of carbonyl (C=O) groups is 5. The molecule has 12 heteroatoms. The standard InChI is InChI=1S/C18H30N2O9S/c1-11(22)29-8-4-5-14(24)30-9-12(17(27)28)20-13(23)6-7-19-16(26)15(25)18(2,3)10-21/h12,15,21,25H,4-10H2,1-3H3,(H,19,26)(H,20,23)(H,27,28)/t12-,15-/m0/s1. The minimum atomic E-state index is -1.47. The first-order chi connectivity index (χ1) is 13.9. The van der Waals surface area contributed by atoms with E-state index < -0.39 is 47.9 Å². The SMILES string of the molecule is CC(=O)OCCCC(=O)SC[C@H](NC(=O)CCNC(=O)[C@H](O)C(C)(C)CO)C(=O)O. The summed E-state index contributed by atoms with van der Waals surface area (Å²) in [6, 6.07) is -1.30. The van der Waals surface area contributed by atoms with Crippen molar-refractivity contribution in [2.45, 2.75) is 52.2 Å². The number of aliphatic hydroxyl groups is 2. The summed E-state index contributed by atoms with van der Waals surface area (Å²) in [5, 5.41) is 32.5. The molecule has 0 radical (unpaired) electrons. The van der Waals surface area contributed by atoms with E-state index in [-0.39, 0.29) is 36.9 Å². The summed E-state index contributed by atoms with van der Waals surface area (Å²) in [6.45, 7) is 3.78. The Kier molecular flexibility index (Phi) is 12.9. The molecule has 0 aliphatic rings. The molecule has 172 valence electrons. The molecule has 30 heavy (non-hydrogen) atoms. The first kappa shape index (κ1) is 27.8.